The van der Waals surface area contributed by atoms with Gasteiger partial charge in [0, 0.05) is 30.7 Å². The van der Waals surface area contributed by atoms with Crippen LogP contribution >= 0.6 is 0 Å². The van der Waals surface area contributed by atoms with Crippen molar-refractivity contribution < 1.29 is 5.11 Å². The number of hydrogen-bond acceptors (Lipinski definition) is 7. The van der Waals surface area contributed by atoms with Crippen molar-refractivity contribution in [2.45, 2.75) is 56.6 Å². The fraction of sp³-hybridized carbons (Fsp3) is 0.444. The molecule has 1 unspecified atom stereocenters. The van der Waals surface area contributed by atoms with Crippen molar-refractivity contribution in [3.8, 4) is 11.3 Å². The van der Waals surface area contributed by atoms with Crippen molar-refractivity contribution in [2.24, 2.45) is 0 Å². The van der Waals surface area contributed by atoms with E-state index in [1.807, 2.05) is 24.4 Å². The Kier molecular flexibility index (Phi) is 7.02. The molecule has 1 saturated heterocycles. The van der Waals surface area contributed by atoms with E-state index in [4.69, 9.17) is 4.98 Å². The van der Waals surface area contributed by atoms with Gasteiger partial charge in [-0.2, -0.15) is 4.98 Å². The van der Waals surface area contributed by atoms with Crippen LogP contribution < -0.4 is 10.6 Å². The third kappa shape index (κ3) is 5.54. The Balaban J connectivity index is 1.34. The number of likely N-dealkylation sites (N-methyl/N-ethyl adjacent to an activating group) is 1. The zero-order chi connectivity index (χ0) is 23.3. The first kappa shape index (κ1) is 22.7. The van der Waals surface area contributed by atoms with E-state index in [9.17, 15) is 5.11 Å². The van der Waals surface area contributed by atoms with Crippen molar-refractivity contribution >= 4 is 17.5 Å². The largest absolute Gasteiger partial charge is 0.393 e. The Labute approximate surface area is 201 Å². The summed E-state index contributed by atoms with van der Waals surface area (Å²) in [5.74, 6) is 1.94. The van der Waals surface area contributed by atoms with Gasteiger partial charge in [0.05, 0.1) is 17.4 Å². The number of aliphatic hydroxyl groups is 1. The van der Waals surface area contributed by atoms with Gasteiger partial charge in [0.15, 0.2) is 0 Å². The fourth-order valence-corrected chi connectivity index (χ4v) is 5.08. The predicted molar refractivity (Wildman–Crippen MR) is 136 cm³/mol. The van der Waals surface area contributed by atoms with Crippen LogP contribution in [-0.4, -0.2) is 57.2 Å². The Morgan fingerprint density at radius 1 is 0.971 bits per heavy atom. The van der Waals surface area contributed by atoms with Crippen molar-refractivity contribution in [3.63, 3.8) is 0 Å². The van der Waals surface area contributed by atoms with Crippen LogP contribution in [0, 0.1) is 0 Å². The summed E-state index contributed by atoms with van der Waals surface area (Å²) in [6.45, 7) is 2.32. The molecular formula is C27H34N6O. The van der Waals surface area contributed by atoms with Gasteiger partial charge < -0.3 is 20.6 Å². The lowest BCUT2D eigenvalue weighted by atomic mass is 9.91. The monoisotopic (exact) mass is 458 g/mol. The van der Waals surface area contributed by atoms with E-state index >= 15 is 0 Å². The smallest absolute Gasteiger partial charge is 0.229 e. The van der Waals surface area contributed by atoms with E-state index < -0.39 is 0 Å². The molecule has 1 aromatic carbocycles. The molecule has 3 aromatic rings. The molecule has 3 heterocycles. The number of anilines is 3. The minimum atomic E-state index is -0.187. The molecule has 7 heteroatoms. The first-order chi connectivity index (χ1) is 16.6. The fourth-order valence-electron chi connectivity index (χ4n) is 5.08. The van der Waals surface area contributed by atoms with E-state index in [1.54, 1.807) is 6.20 Å². The van der Waals surface area contributed by atoms with Crippen LogP contribution in [0.2, 0.25) is 0 Å². The van der Waals surface area contributed by atoms with Gasteiger partial charge in [-0.3, -0.25) is 4.98 Å². The minimum absolute atomic E-state index is 0.187. The zero-order valence-corrected chi connectivity index (χ0v) is 19.8. The molecule has 5 rings (SSSR count). The summed E-state index contributed by atoms with van der Waals surface area (Å²) in [5, 5.41) is 16.9. The molecule has 2 aliphatic rings. The molecule has 3 N–H and O–H groups in total. The number of nitrogens with one attached hydrogen (secondary N) is 2. The molecule has 178 valence electrons. The van der Waals surface area contributed by atoms with Gasteiger partial charge in [-0.05, 0) is 87.9 Å². The predicted octanol–water partition coefficient (Wildman–Crippen LogP) is 4.81. The molecule has 0 bridgehead atoms. The average molecular weight is 459 g/mol. The van der Waals surface area contributed by atoms with Crippen LogP contribution in [0.3, 0.4) is 0 Å². The Bertz CT molecular complexity index is 1070. The highest BCUT2D eigenvalue weighted by Gasteiger charge is 2.22. The van der Waals surface area contributed by atoms with Crippen LogP contribution in [0.4, 0.5) is 17.5 Å². The van der Waals surface area contributed by atoms with E-state index in [0.717, 1.165) is 55.0 Å². The SMILES string of the molecule is CN1CCCC(c2ccc(Nc3ncc(-c4ccccn4)c(NC4CCC(O)CC4)n3)cc2)C1. The van der Waals surface area contributed by atoms with Gasteiger partial charge in [0.25, 0.3) is 0 Å². The number of nitrogens with zero attached hydrogens (tertiary/aromatic N) is 4. The van der Waals surface area contributed by atoms with Crippen LogP contribution in [0.25, 0.3) is 11.3 Å². The van der Waals surface area contributed by atoms with Crippen LogP contribution in [0.5, 0.6) is 0 Å². The van der Waals surface area contributed by atoms with E-state index in [2.05, 4.69) is 56.8 Å². The highest BCUT2D eigenvalue weighted by molar-refractivity contribution is 5.73. The van der Waals surface area contributed by atoms with Gasteiger partial charge in [-0.15, -0.1) is 0 Å². The Hall–Kier alpha value is -3.03. The number of rotatable bonds is 6. The topological polar surface area (TPSA) is 86.2 Å². The van der Waals surface area contributed by atoms with Gasteiger partial charge >= 0.3 is 0 Å². The summed E-state index contributed by atoms with van der Waals surface area (Å²) in [6.07, 6.45) is 9.42. The van der Waals surface area contributed by atoms with Crippen molar-refractivity contribution in [2.75, 3.05) is 30.8 Å². The number of hydrogen-bond donors (Lipinski definition) is 3. The number of benzene rings is 1. The molecule has 1 aliphatic carbocycles. The third-order valence-corrected chi connectivity index (χ3v) is 7.03. The minimum Gasteiger partial charge on any atom is -0.393 e. The van der Waals surface area contributed by atoms with Crippen molar-refractivity contribution in [1.29, 1.82) is 0 Å². The highest BCUT2D eigenvalue weighted by Crippen LogP contribution is 2.30. The summed E-state index contributed by atoms with van der Waals surface area (Å²) in [6, 6.07) is 14.8. The van der Waals surface area contributed by atoms with Gasteiger partial charge in [-0.25, -0.2) is 4.98 Å². The molecule has 1 atom stereocenters. The second kappa shape index (κ2) is 10.5. The number of piperidine rings is 1. The molecule has 0 amide bonds. The van der Waals surface area contributed by atoms with Crippen molar-refractivity contribution in [1.82, 2.24) is 19.9 Å². The summed E-state index contributed by atoms with van der Waals surface area (Å²) in [5.41, 5.74) is 4.10. The molecule has 0 radical (unpaired) electrons. The number of likely N-dealkylation sites (tertiary alicyclic amines) is 1. The second-order valence-corrected chi connectivity index (χ2v) is 9.67. The maximum Gasteiger partial charge on any atom is 0.229 e. The number of pyridine rings is 1. The van der Waals surface area contributed by atoms with E-state index in [-0.39, 0.29) is 12.1 Å². The number of aromatic nitrogens is 3. The normalized spacial score (nSPS) is 23.4. The maximum atomic E-state index is 9.87. The summed E-state index contributed by atoms with van der Waals surface area (Å²) >= 11 is 0. The van der Waals surface area contributed by atoms with Crippen LogP contribution in [0.1, 0.15) is 50.0 Å². The molecule has 34 heavy (non-hydrogen) atoms. The molecule has 0 spiro atoms. The van der Waals surface area contributed by atoms with Gasteiger partial charge in [-0.1, -0.05) is 18.2 Å². The second-order valence-electron chi connectivity index (χ2n) is 9.67. The quantitative estimate of drug-likeness (QED) is 0.489. The van der Waals surface area contributed by atoms with E-state index in [1.165, 1.54) is 24.9 Å². The zero-order valence-electron chi connectivity index (χ0n) is 19.8. The lowest BCUT2D eigenvalue weighted by molar-refractivity contribution is 0.126. The first-order valence-electron chi connectivity index (χ1n) is 12.4. The van der Waals surface area contributed by atoms with Crippen LogP contribution in [-0.2, 0) is 0 Å². The maximum absolute atomic E-state index is 9.87. The standard InChI is InChI=1S/C27H34N6O/c1-33-16-4-5-20(18-33)19-7-9-22(10-8-19)31-27-29-17-24(25-6-2-3-15-28-25)26(32-27)30-21-11-13-23(34)14-12-21/h2-3,6-10,15,17,20-21,23,34H,4-5,11-14,16,18H2,1H3,(H2,29,30,31,32). The third-order valence-electron chi connectivity index (χ3n) is 7.03. The molecule has 7 nitrogen and oxygen atoms in total. The molecular weight excluding hydrogens is 424 g/mol. The van der Waals surface area contributed by atoms with Crippen LogP contribution in [0.15, 0.2) is 54.9 Å². The summed E-state index contributed by atoms with van der Waals surface area (Å²) in [7, 11) is 2.20. The average Bonchev–Trinajstić information content (AvgIpc) is 2.87. The summed E-state index contributed by atoms with van der Waals surface area (Å²) in [4.78, 5) is 16.3. The lowest BCUT2D eigenvalue weighted by Gasteiger charge is -2.30. The highest BCUT2D eigenvalue weighted by atomic mass is 16.3. The molecule has 2 fully saturated rings. The number of aliphatic hydroxyl groups excluding tert-OH is 1. The van der Waals surface area contributed by atoms with Gasteiger partial charge in [0.1, 0.15) is 5.82 Å². The molecule has 2 aromatic heterocycles. The Morgan fingerprint density at radius 2 is 1.79 bits per heavy atom. The van der Waals surface area contributed by atoms with E-state index in [0.29, 0.717) is 11.9 Å². The lowest BCUT2D eigenvalue weighted by Crippen LogP contribution is -2.30. The van der Waals surface area contributed by atoms with Gasteiger partial charge in [0.2, 0.25) is 5.95 Å². The first-order valence-corrected chi connectivity index (χ1v) is 12.4. The van der Waals surface area contributed by atoms with Crippen molar-refractivity contribution in [3.05, 3.63) is 60.4 Å². The molecule has 1 aliphatic heterocycles. The summed E-state index contributed by atoms with van der Waals surface area (Å²) < 4.78 is 0. The molecule has 1 saturated carbocycles. The Morgan fingerprint density at radius 3 is 2.53 bits per heavy atom.